The van der Waals surface area contributed by atoms with Crippen molar-refractivity contribution in [1.82, 2.24) is 9.80 Å². The number of carbonyl (C=O) groups excluding carboxylic acids is 2. The molecule has 282 valence electrons. The molecule has 3 atom stereocenters. The molecule has 14 heteroatoms. The maximum atomic E-state index is 14.5. The van der Waals surface area contributed by atoms with Gasteiger partial charge in [-0.25, -0.2) is 4.39 Å². The highest BCUT2D eigenvalue weighted by molar-refractivity contribution is 6.02. The minimum atomic E-state index is -4.62. The zero-order valence-corrected chi connectivity index (χ0v) is 29.1. The van der Waals surface area contributed by atoms with Crippen LogP contribution in [0.3, 0.4) is 0 Å². The van der Waals surface area contributed by atoms with E-state index in [9.17, 15) is 45.4 Å². The number of nitrogens with one attached hydrogen (secondary N) is 1. The van der Waals surface area contributed by atoms with Crippen LogP contribution < -0.4 is 10.1 Å². The summed E-state index contributed by atoms with van der Waals surface area (Å²) >= 11 is 0. The largest absolute Gasteiger partial charge is 0.486 e. The predicted molar refractivity (Wildman–Crippen MR) is 185 cm³/mol. The van der Waals surface area contributed by atoms with E-state index < -0.39 is 53.3 Å². The van der Waals surface area contributed by atoms with Crippen molar-refractivity contribution in [2.45, 2.75) is 51.3 Å². The smallest absolute Gasteiger partial charge is 0.416 e. The number of benzene rings is 4. The summed E-state index contributed by atoms with van der Waals surface area (Å²) in [4.78, 5) is 30.4. The second-order valence-corrected chi connectivity index (χ2v) is 13.3. The van der Waals surface area contributed by atoms with Gasteiger partial charge in [0.05, 0.1) is 41.4 Å². The van der Waals surface area contributed by atoms with Crippen molar-refractivity contribution in [3.05, 3.63) is 119 Å². The molecule has 2 amide bonds. The number of hydrogen-bond acceptors (Lipinski definition) is 5. The summed E-state index contributed by atoms with van der Waals surface area (Å²) < 4.78 is 99.8. The molecule has 0 aliphatic carbocycles. The Morgan fingerprint density at radius 2 is 1.55 bits per heavy atom. The van der Waals surface area contributed by atoms with E-state index in [4.69, 9.17) is 4.74 Å². The number of anilines is 1. The molecule has 4 aromatic carbocycles. The van der Waals surface area contributed by atoms with Crippen LogP contribution in [0, 0.1) is 11.7 Å². The van der Waals surface area contributed by atoms with E-state index >= 15 is 0 Å². The molecule has 0 radical (unpaired) electrons. The van der Waals surface area contributed by atoms with Crippen LogP contribution in [0.2, 0.25) is 0 Å². The van der Waals surface area contributed by atoms with E-state index in [2.05, 4.69) is 5.32 Å². The Labute approximate surface area is 302 Å². The van der Waals surface area contributed by atoms with E-state index in [0.29, 0.717) is 24.7 Å². The van der Waals surface area contributed by atoms with Crippen molar-refractivity contribution in [3.63, 3.8) is 0 Å². The van der Waals surface area contributed by atoms with Crippen LogP contribution in [0.25, 0.3) is 11.1 Å². The third-order valence-corrected chi connectivity index (χ3v) is 9.11. The first-order valence-corrected chi connectivity index (χ1v) is 16.8. The summed E-state index contributed by atoms with van der Waals surface area (Å²) in [5, 5.41) is 12.7. The minimum Gasteiger partial charge on any atom is -0.486 e. The van der Waals surface area contributed by atoms with Gasteiger partial charge in [-0.2, -0.15) is 26.3 Å². The number of para-hydroxylation sites is 1. The van der Waals surface area contributed by atoms with Gasteiger partial charge in [0.2, 0.25) is 5.91 Å². The molecule has 4 aromatic rings. The lowest BCUT2D eigenvalue weighted by Gasteiger charge is -2.38. The third-order valence-electron chi connectivity index (χ3n) is 9.11. The van der Waals surface area contributed by atoms with Gasteiger partial charge in [0.15, 0.2) is 5.75 Å². The predicted octanol–water partition coefficient (Wildman–Crippen LogP) is 8.06. The van der Waals surface area contributed by atoms with Crippen LogP contribution >= 0.6 is 0 Å². The van der Waals surface area contributed by atoms with Crippen LogP contribution in [0.4, 0.5) is 36.4 Å². The number of hydrogen-bond donors (Lipinski definition) is 2. The Hall–Kier alpha value is -4.95. The highest BCUT2D eigenvalue weighted by atomic mass is 19.4. The fourth-order valence-corrected chi connectivity index (χ4v) is 6.15. The van der Waals surface area contributed by atoms with Gasteiger partial charge >= 0.3 is 12.4 Å². The van der Waals surface area contributed by atoms with Crippen molar-refractivity contribution < 1.29 is 50.2 Å². The van der Waals surface area contributed by atoms with E-state index in [1.165, 1.54) is 12.1 Å². The number of carbonyl (C=O) groups is 2. The number of halogens is 7. The molecule has 0 aromatic heterocycles. The molecule has 0 saturated carbocycles. The Bertz CT molecular complexity index is 1910. The van der Waals surface area contributed by atoms with E-state index in [1.807, 2.05) is 18.9 Å². The Kier molecular flexibility index (Phi) is 11.8. The fourth-order valence-electron chi connectivity index (χ4n) is 6.15. The average molecular weight is 746 g/mol. The molecule has 7 nitrogen and oxygen atoms in total. The zero-order chi connectivity index (χ0) is 38.7. The third kappa shape index (κ3) is 9.54. The Morgan fingerprint density at radius 1 is 0.925 bits per heavy atom. The number of amides is 2. The first-order chi connectivity index (χ1) is 24.9. The molecule has 5 rings (SSSR count). The van der Waals surface area contributed by atoms with Crippen LogP contribution in [0.1, 0.15) is 46.5 Å². The summed E-state index contributed by atoms with van der Waals surface area (Å²) in [6.45, 7) is 4.21. The molecule has 1 aliphatic heterocycles. The summed E-state index contributed by atoms with van der Waals surface area (Å²) in [5.41, 5.74) is -0.230. The second kappa shape index (κ2) is 16.0. The molecular formula is C39H38F7N3O4. The van der Waals surface area contributed by atoms with Crippen LogP contribution in [0.15, 0.2) is 84.9 Å². The van der Waals surface area contributed by atoms with Crippen molar-refractivity contribution in [1.29, 1.82) is 0 Å². The second-order valence-electron chi connectivity index (χ2n) is 13.3. The zero-order valence-electron chi connectivity index (χ0n) is 29.1. The van der Waals surface area contributed by atoms with Gasteiger partial charge < -0.3 is 20.1 Å². The average Bonchev–Trinajstić information content (AvgIpc) is 3.09. The minimum absolute atomic E-state index is 0.103. The summed E-state index contributed by atoms with van der Waals surface area (Å²) in [7, 11) is 1.83. The number of likely N-dealkylation sites (N-methyl/N-ethyl adjacent to an activating group) is 1. The summed E-state index contributed by atoms with van der Waals surface area (Å²) in [6.07, 6.45) is -9.95. The topological polar surface area (TPSA) is 82.1 Å². The van der Waals surface area contributed by atoms with Gasteiger partial charge in [-0.1, -0.05) is 49.4 Å². The maximum absolute atomic E-state index is 14.5. The fraction of sp³-hybridized carbons (Fsp3) is 0.333. The number of aliphatic hydroxyl groups excluding tert-OH is 1. The first-order valence-electron chi connectivity index (χ1n) is 16.8. The molecule has 1 unspecified atom stereocenters. The molecule has 53 heavy (non-hydrogen) atoms. The van der Waals surface area contributed by atoms with Gasteiger partial charge in [0.25, 0.3) is 5.91 Å². The van der Waals surface area contributed by atoms with Gasteiger partial charge in [-0.15, -0.1) is 0 Å². The number of rotatable bonds is 10. The van der Waals surface area contributed by atoms with Gasteiger partial charge in [0.1, 0.15) is 11.9 Å². The lowest BCUT2D eigenvalue weighted by molar-refractivity contribution is -0.138. The molecule has 1 aliphatic rings. The number of aliphatic hydroxyl groups is 1. The number of alkyl halides is 6. The molecular weight excluding hydrogens is 707 g/mol. The SMILES string of the molecule is CC(CO)N1C[C@@H](C)[C@@H](CN(C)Cc2ccc(-c3cc(C(F)(F)F)ccc3F)cc2)Oc2c(NC(=O)Cc3ccc(C(F)(F)F)cc3)cccc2C1=O. The number of nitrogens with zero attached hydrogens (tertiary/aromatic N) is 2. The van der Waals surface area contributed by atoms with Crippen molar-refractivity contribution >= 4 is 17.5 Å². The molecule has 0 fully saturated rings. The molecule has 2 N–H and O–H groups in total. The van der Waals surface area contributed by atoms with Gasteiger partial charge in [-0.3, -0.25) is 14.5 Å². The normalized spacial score (nSPS) is 17.1. The van der Waals surface area contributed by atoms with Crippen LogP contribution in [-0.2, 0) is 30.1 Å². The summed E-state index contributed by atoms with van der Waals surface area (Å²) in [5.74, 6) is -1.93. The molecule has 0 spiro atoms. The first kappa shape index (κ1) is 39.3. The number of fused-ring (bicyclic) bond motifs is 1. The Balaban J connectivity index is 1.36. The van der Waals surface area contributed by atoms with Gasteiger partial charge in [-0.05, 0) is 73.1 Å². The Morgan fingerprint density at radius 3 is 2.17 bits per heavy atom. The highest BCUT2D eigenvalue weighted by Crippen LogP contribution is 2.36. The summed E-state index contributed by atoms with van der Waals surface area (Å²) in [6, 6.07) is 17.1. The van der Waals surface area contributed by atoms with Crippen molar-refractivity contribution in [2.24, 2.45) is 5.92 Å². The van der Waals surface area contributed by atoms with Crippen molar-refractivity contribution in [3.8, 4) is 16.9 Å². The van der Waals surface area contributed by atoms with E-state index in [-0.39, 0.29) is 53.6 Å². The van der Waals surface area contributed by atoms with Crippen molar-refractivity contribution in [2.75, 3.05) is 32.1 Å². The van der Waals surface area contributed by atoms with Crippen LogP contribution in [0.5, 0.6) is 5.75 Å². The quantitative estimate of drug-likeness (QED) is 0.161. The van der Waals surface area contributed by atoms with Crippen LogP contribution in [-0.4, -0.2) is 65.6 Å². The molecule has 0 bridgehead atoms. The van der Waals surface area contributed by atoms with E-state index in [0.717, 1.165) is 29.8 Å². The number of ether oxygens (including phenoxy) is 1. The standard InChI is InChI=1S/C39H38F7N3O4/c1-23-19-49(24(2)22-50)37(52)30-5-4-6-33(47-35(51)17-25-9-13-28(14-10-25)38(41,42)43)36(30)53-34(23)21-48(3)20-26-7-11-27(12-8-26)31-18-29(39(44,45)46)15-16-32(31)40/h4-16,18,23-24,34,50H,17,19-22H2,1-3H3,(H,47,51)/t23-,24?,34-/m1/s1. The molecule has 0 saturated heterocycles. The lowest BCUT2D eigenvalue weighted by atomic mass is 9.98. The monoisotopic (exact) mass is 745 g/mol. The maximum Gasteiger partial charge on any atom is 0.416 e. The highest BCUT2D eigenvalue weighted by Gasteiger charge is 2.35. The lowest BCUT2D eigenvalue weighted by Crippen LogP contribution is -2.49. The van der Waals surface area contributed by atoms with Gasteiger partial charge in [0, 0.05) is 31.1 Å². The van der Waals surface area contributed by atoms with E-state index in [1.54, 1.807) is 54.3 Å². The molecule has 1 heterocycles.